The summed E-state index contributed by atoms with van der Waals surface area (Å²) < 4.78 is 4.74. The van der Waals surface area contributed by atoms with E-state index in [1.54, 1.807) is 16.7 Å². The fraction of sp³-hybridized carbons (Fsp3) is 0.720. The SMILES string of the molecule is CCCC(C)N1CC=C[C@]23S[C@@H]4C=CCCOC(=O)[C@@H]4[C@H]2C(=O)N(CCCCCO)C3C1=O. The summed E-state index contributed by atoms with van der Waals surface area (Å²) in [6.07, 6.45) is 12.9. The quantitative estimate of drug-likeness (QED) is 0.329. The van der Waals surface area contributed by atoms with Gasteiger partial charge in [0.05, 0.1) is 23.2 Å². The van der Waals surface area contributed by atoms with E-state index in [9.17, 15) is 14.4 Å². The molecular weight excluding hydrogens is 440 g/mol. The fourth-order valence-electron chi connectivity index (χ4n) is 5.91. The summed E-state index contributed by atoms with van der Waals surface area (Å²) in [5, 5.41) is 8.97. The van der Waals surface area contributed by atoms with Crippen LogP contribution < -0.4 is 0 Å². The zero-order chi connectivity index (χ0) is 23.6. The highest BCUT2D eigenvalue weighted by Crippen LogP contribution is 2.60. The van der Waals surface area contributed by atoms with Crippen LogP contribution in [0.1, 0.15) is 52.4 Å². The van der Waals surface area contributed by atoms with Crippen LogP contribution in [-0.4, -0.2) is 81.1 Å². The summed E-state index contributed by atoms with van der Waals surface area (Å²) >= 11 is 1.59. The number of aliphatic hydroxyl groups excluding tert-OH is 1. The lowest BCUT2D eigenvalue weighted by Gasteiger charge is -2.37. The van der Waals surface area contributed by atoms with Gasteiger partial charge >= 0.3 is 5.97 Å². The van der Waals surface area contributed by atoms with Gasteiger partial charge in [-0.15, -0.1) is 11.8 Å². The predicted molar refractivity (Wildman–Crippen MR) is 127 cm³/mol. The first kappa shape index (κ1) is 24.3. The van der Waals surface area contributed by atoms with Crippen LogP contribution in [0.5, 0.6) is 0 Å². The number of amides is 2. The minimum atomic E-state index is -0.769. The number of fused-ring (bicyclic) bond motifs is 2. The lowest BCUT2D eigenvalue weighted by atomic mass is 9.78. The van der Waals surface area contributed by atoms with E-state index in [0.29, 0.717) is 32.5 Å². The molecule has 6 atom stereocenters. The topological polar surface area (TPSA) is 87.2 Å². The largest absolute Gasteiger partial charge is 0.465 e. The van der Waals surface area contributed by atoms with E-state index >= 15 is 0 Å². The Bertz CT molecular complexity index is 830. The molecule has 0 aliphatic carbocycles. The highest BCUT2D eigenvalue weighted by molar-refractivity contribution is 8.02. The van der Waals surface area contributed by atoms with Crippen LogP contribution >= 0.6 is 11.8 Å². The van der Waals surface area contributed by atoms with E-state index in [1.165, 1.54) is 0 Å². The van der Waals surface area contributed by atoms with Crippen LogP contribution in [0.2, 0.25) is 0 Å². The van der Waals surface area contributed by atoms with Gasteiger partial charge in [-0.25, -0.2) is 0 Å². The highest BCUT2D eigenvalue weighted by Gasteiger charge is 2.70. The fourth-order valence-corrected chi connectivity index (χ4v) is 7.91. The van der Waals surface area contributed by atoms with E-state index in [2.05, 4.69) is 19.9 Å². The molecule has 33 heavy (non-hydrogen) atoms. The highest BCUT2D eigenvalue weighted by atomic mass is 32.2. The van der Waals surface area contributed by atoms with Gasteiger partial charge in [-0.3, -0.25) is 14.4 Å². The Labute approximate surface area is 200 Å². The maximum absolute atomic E-state index is 14.1. The van der Waals surface area contributed by atoms with Crippen molar-refractivity contribution in [2.24, 2.45) is 11.8 Å². The summed E-state index contributed by atoms with van der Waals surface area (Å²) in [4.78, 5) is 44.7. The summed E-state index contributed by atoms with van der Waals surface area (Å²) in [7, 11) is 0. The van der Waals surface area contributed by atoms with E-state index < -0.39 is 22.6 Å². The van der Waals surface area contributed by atoms with Gasteiger partial charge in [-0.2, -0.15) is 0 Å². The van der Waals surface area contributed by atoms with Crippen LogP contribution in [-0.2, 0) is 19.1 Å². The smallest absolute Gasteiger partial charge is 0.311 e. The zero-order valence-electron chi connectivity index (χ0n) is 19.7. The number of cyclic esters (lactones) is 1. The summed E-state index contributed by atoms with van der Waals surface area (Å²) in [5.41, 5.74) is 0. The maximum Gasteiger partial charge on any atom is 0.311 e. The third kappa shape index (κ3) is 4.25. The van der Waals surface area contributed by atoms with Crippen LogP contribution in [0.15, 0.2) is 24.3 Å². The van der Waals surface area contributed by atoms with E-state index in [1.807, 2.05) is 23.1 Å². The zero-order valence-corrected chi connectivity index (χ0v) is 20.5. The summed E-state index contributed by atoms with van der Waals surface area (Å²) in [6, 6.07) is -0.542. The number of carbonyl (C=O) groups excluding carboxylic acids is 3. The van der Waals surface area contributed by atoms with E-state index in [0.717, 1.165) is 25.7 Å². The van der Waals surface area contributed by atoms with Crippen molar-refractivity contribution in [2.75, 3.05) is 26.3 Å². The molecule has 0 bridgehead atoms. The first-order valence-electron chi connectivity index (χ1n) is 12.4. The molecule has 4 heterocycles. The minimum Gasteiger partial charge on any atom is -0.465 e. The van der Waals surface area contributed by atoms with Gasteiger partial charge in [-0.05, 0) is 39.0 Å². The molecule has 2 unspecified atom stereocenters. The van der Waals surface area contributed by atoms with Gasteiger partial charge in [0.25, 0.3) is 0 Å². The Morgan fingerprint density at radius 1 is 1.21 bits per heavy atom. The van der Waals surface area contributed by atoms with Crippen LogP contribution in [0, 0.1) is 11.8 Å². The van der Waals surface area contributed by atoms with Gasteiger partial charge in [0.1, 0.15) is 6.04 Å². The average Bonchev–Trinajstić information content (AvgIpc) is 3.15. The van der Waals surface area contributed by atoms with Crippen molar-refractivity contribution in [1.29, 1.82) is 0 Å². The molecule has 2 saturated heterocycles. The molecule has 7 nitrogen and oxygen atoms in total. The molecule has 4 aliphatic heterocycles. The van der Waals surface area contributed by atoms with Crippen molar-refractivity contribution in [3.05, 3.63) is 24.3 Å². The number of rotatable bonds is 8. The van der Waals surface area contributed by atoms with Crippen molar-refractivity contribution >= 4 is 29.5 Å². The molecule has 0 aromatic carbocycles. The number of ether oxygens (including phenoxy) is 1. The average molecular weight is 477 g/mol. The summed E-state index contributed by atoms with van der Waals surface area (Å²) in [5.74, 6) is -1.64. The Morgan fingerprint density at radius 3 is 2.79 bits per heavy atom. The van der Waals surface area contributed by atoms with Crippen molar-refractivity contribution in [3.8, 4) is 0 Å². The van der Waals surface area contributed by atoms with Crippen LogP contribution in [0.3, 0.4) is 0 Å². The number of carbonyl (C=O) groups is 3. The lowest BCUT2D eigenvalue weighted by Crippen LogP contribution is -2.55. The number of esters is 1. The third-order valence-electron chi connectivity index (χ3n) is 7.45. The molecule has 4 aliphatic rings. The van der Waals surface area contributed by atoms with Gasteiger partial charge in [0.15, 0.2) is 0 Å². The van der Waals surface area contributed by atoms with Crippen molar-refractivity contribution < 1.29 is 24.2 Å². The van der Waals surface area contributed by atoms with E-state index in [4.69, 9.17) is 9.84 Å². The second-order valence-electron chi connectivity index (χ2n) is 9.57. The number of nitrogens with zero attached hydrogens (tertiary/aromatic N) is 2. The Hall–Kier alpha value is -1.80. The lowest BCUT2D eigenvalue weighted by molar-refractivity contribution is -0.153. The first-order chi connectivity index (χ1) is 16.0. The van der Waals surface area contributed by atoms with Gasteiger partial charge < -0.3 is 19.6 Å². The Kier molecular flexibility index (Phi) is 7.53. The molecular formula is C25H36N2O5S. The predicted octanol–water partition coefficient (Wildman–Crippen LogP) is 2.54. The van der Waals surface area contributed by atoms with Gasteiger partial charge in [-0.1, -0.05) is 37.6 Å². The molecule has 0 radical (unpaired) electrons. The normalized spacial score (nSPS) is 34.3. The molecule has 4 rings (SSSR count). The molecule has 1 N–H and O–H groups in total. The number of thioether (sulfide) groups is 1. The molecule has 0 aromatic rings. The third-order valence-corrected chi connectivity index (χ3v) is 9.19. The Morgan fingerprint density at radius 2 is 2.03 bits per heavy atom. The maximum atomic E-state index is 14.1. The van der Waals surface area contributed by atoms with Gasteiger partial charge in [0.2, 0.25) is 11.8 Å². The van der Waals surface area contributed by atoms with Gasteiger partial charge in [0, 0.05) is 31.0 Å². The number of aliphatic hydroxyl groups is 1. The molecule has 2 amide bonds. The molecule has 8 heteroatoms. The van der Waals surface area contributed by atoms with E-state index in [-0.39, 0.29) is 35.7 Å². The molecule has 182 valence electrons. The second-order valence-corrected chi connectivity index (χ2v) is 11.1. The standard InChI is InChI=1S/C25H36N2O5S/c1-3-10-17(2)26-14-9-12-25-20(19-18(33-25)11-5-8-16-32-24(19)31)22(29)27(21(25)23(26)30)13-6-4-7-15-28/h5,9,11-12,17-21,28H,3-4,6-8,10,13-16H2,1-2H3/t17?,18-,19+,20+,21?,25+/m1/s1. The number of hydrogen-bond acceptors (Lipinski definition) is 6. The van der Waals surface area contributed by atoms with Crippen molar-refractivity contribution in [2.45, 2.75) is 74.5 Å². The molecule has 0 saturated carbocycles. The molecule has 1 spiro atoms. The van der Waals surface area contributed by atoms with Crippen molar-refractivity contribution in [1.82, 2.24) is 9.80 Å². The summed E-state index contributed by atoms with van der Waals surface area (Å²) in [6.45, 7) is 5.60. The first-order valence-corrected chi connectivity index (χ1v) is 13.2. The van der Waals surface area contributed by atoms with Crippen LogP contribution in [0.4, 0.5) is 0 Å². The second kappa shape index (κ2) is 10.2. The molecule has 0 aromatic heterocycles. The van der Waals surface area contributed by atoms with Crippen LogP contribution in [0.25, 0.3) is 0 Å². The number of unbranched alkanes of at least 4 members (excludes halogenated alkanes) is 2. The number of likely N-dealkylation sites (tertiary alicyclic amines) is 1. The minimum absolute atomic E-state index is 0.0157. The number of hydrogen-bond donors (Lipinski definition) is 1. The monoisotopic (exact) mass is 476 g/mol. The Balaban J connectivity index is 1.73. The van der Waals surface area contributed by atoms with Crippen molar-refractivity contribution in [3.63, 3.8) is 0 Å². The molecule has 2 fully saturated rings.